The van der Waals surface area contributed by atoms with Gasteiger partial charge in [-0.25, -0.2) is 18.2 Å². The van der Waals surface area contributed by atoms with E-state index in [1.165, 1.54) is 25.3 Å². The number of aryl methyl sites for hydroxylation is 1. The van der Waals surface area contributed by atoms with Gasteiger partial charge < -0.3 is 0 Å². The van der Waals surface area contributed by atoms with Crippen LogP contribution in [0.4, 0.5) is 13.2 Å². The van der Waals surface area contributed by atoms with Crippen LogP contribution >= 0.6 is 0 Å². The molecule has 0 bridgehead atoms. The van der Waals surface area contributed by atoms with E-state index in [1.807, 2.05) is 0 Å². The van der Waals surface area contributed by atoms with Crippen molar-refractivity contribution < 1.29 is 18.0 Å². The van der Waals surface area contributed by atoms with Gasteiger partial charge in [-0.05, 0) is 30.7 Å². The predicted molar refractivity (Wildman–Crippen MR) is 58.7 cm³/mol. The Labute approximate surface area is 101 Å². The van der Waals surface area contributed by atoms with Crippen molar-refractivity contribution >= 4 is 5.78 Å². The zero-order valence-corrected chi connectivity index (χ0v) is 9.38. The molecule has 0 saturated carbocycles. The van der Waals surface area contributed by atoms with E-state index in [-0.39, 0.29) is 5.56 Å². The third-order valence-electron chi connectivity index (χ3n) is 2.48. The molecule has 2 nitrogen and oxygen atoms in total. The molecule has 1 aromatic carbocycles. The minimum Gasteiger partial charge on any atom is -0.287 e. The molecule has 0 aliphatic heterocycles. The molecular formula is C13H8F3NO. The van der Waals surface area contributed by atoms with Gasteiger partial charge in [-0.2, -0.15) is 0 Å². The van der Waals surface area contributed by atoms with Crippen LogP contribution in [0.15, 0.2) is 30.5 Å². The third kappa shape index (κ3) is 1.99. The summed E-state index contributed by atoms with van der Waals surface area (Å²) in [6.07, 6.45) is 1.18. The molecule has 2 aromatic rings. The molecule has 0 atom stereocenters. The molecule has 0 unspecified atom stereocenters. The highest BCUT2D eigenvalue weighted by molar-refractivity contribution is 6.08. The number of hydrogen-bond acceptors (Lipinski definition) is 2. The number of halogens is 3. The molecule has 18 heavy (non-hydrogen) atoms. The molecule has 92 valence electrons. The third-order valence-corrected chi connectivity index (χ3v) is 2.48. The SMILES string of the molecule is Cc1ccc(F)c(C(=O)c2ncccc2F)c1F. The van der Waals surface area contributed by atoms with Gasteiger partial charge in [0, 0.05) is 6.20 Å². The summed E-state index contributed by atoms with van der Waals surface area (Å²) in [5.41, 5.74) is -1.27. The molecule has 0 amide bonds. The van der Waals surface area contributed by atoms with E-state index in [4.69, 9.17) is 0 Å². The van der Waals surface area contributed by atoms with E-state index < -0.39 is 34.5 Å². The summed E-state index contributed by atoms with van der Waals surface area (Å²) in [6.45, 7) is 1.39. The highest BCUT2D eigenvalue weighted by Gasteiger charge is 2.23. The normalized spacial score (nSPS) is 10.4. The maximum Gasteiger partial charge on any atom is 0.220 e. The molecule has 1 aromatic heterocycles. The monoisotopic (exact) mass is 251 g/mol. The fraction of sp³-hybridized carbons (Fsp3) is 0.0769. The first-order valence-electron chi connectivity index (χ1n) is 5.12. The van der Waals surface area contributed by atoms with Crippen molar-refractivity contribution in [2.24, 2.45) is 0 Å². The lowest BCUT2D eigenvalue weighted by atomic mass is 10.0. The van der Waals surface area contributed by atoms with E-state index in [9.17, 15) is 18.0 Å². The predicted octanol–water partition coefficient (Wildman–Crippen LogP) is 3.04. The zero-order chi connectivity index (χ0) is 13.3. The topological polar surface area (TPSA) is 30.0 Å². The number of benzene rings is 1. The minimum absolute atomic E-state index is 0.107. The first-order chi connectivity index (χ1) is 8.52. The summed E-state index contributed by atoms with van der Waals surface area (Å²) in [5, 5.41) is 0. The van der Waals surface area contributed by atoms with E-state index >= 15 is 0 Å². The van der Waals surface area contributed by atoms with Gasteiger partial charge in [-0.1, -0.05) is 6.07 Å². The Hall–Kier alpha value is -2.17. The molecule has 0 fully saturated rings. The maximum atomic E-state index is 13.7. The number of carbonyl (C=O) groups excluding carboxylic acids is 1. The second kappa shape index (κ2) is 4.60. The number of nitrogens with zero attached hydrogens (tertiary/aromatic N) is 1. The van der Waals surface area contributed by atoms with Crippen LogP contribution in [0.5, 0.6) is 0 Å². The van der Waals surface area contributed by atoms with Gasteiger partial charge in [-0.3, -0.25) is 4.79 Å². The van der Waals surface area contributed by atoms with Crippen LogP contribution in [0.1, 0.15) is 21.6 Å². The average molecular weight is 251 g/mol. The molecule has 0 radical (unpaired) electrons. The second-order valence-corrected chi connectivity index (χ2v) is 3.72. The second-order valence-electron chi connectivity index (χ2n) is 3.72. The minimum atomic E-state index is -1.10. The summed E-state index contributed by atoms with van der Waals surface area (Å²) >= 11 is 0. The average Bonchev–Trinajstić information content (AvgIpc) is 2.35. The lowest BCUT2D eigenvalue weighted by Crippen LogP contribution is -2.12. The van der Waals surface area contributed by atoms with Gasteiger partial charge in [0.1, 0.15) is 17.3 Å². The summed E-state index contributed by atoms with van der Waals surface area (Å²) in [7, 11) is 0. The van der Waals surface area contributed by atoms with E-state index in [2.05, 4.69) is 4.98 Å². The van der Waals surface area contributed by atoms with Gasteiger partial charge in [-0.15, -0.1) is 0 Å². The fourth-order valence-electron chi connectivity index (χ4n) is 1.54. The van der Waals surface area contributed by atoms with Crippen molar-refractivity contribution in [2.75, 3.05) is 0 Å². The fourth-order valence-corrected chi connectivity index (χ4v) is 1.54. The van der Waals surface area contributed by atoms with Crippen molar-refractivity contribution in [3.63, 3.8) is 0 Å². The van der Waals surface area contributed by atoms with Crippen LogP contribution in [0, 0.1) is 24.4 Å². The molecule has 0 N–H and O–H groups in total. The van der Waals surface area contributed by atoms with Gasteiger partial charge in [0.25, 0.3) is 0 Å². The van der Waals surface area contributed by atoms with Gasteiger partial charge in [0.05, 0.1) is 5.56 Å². The van der Waals surface area contributed by atoms with Crippen molar-refractivity contribution in [3.05, 3.63) is 64.7 Å². The van der Waals surface area contributed by atoms with Crippen molar-refractivity contribution in [1.82, 2.24) is 4.98 Å². The highest BCUT2D eigenvalue weighted by atomic mass is 19.1. The number of carbonyl (C=O) groups is 1. The van der Waals surface area contributed by atoms with Crippen LogP contribution in [-0.4, -0.2) is 10.8 Å². The van der Waals surface area contributed by atoms with E-state index in [0.29, 0.717) is 0 Å². The van der Waals surface area contributed by atoms with Crippen LogP contribution in [-0.2, 0) is 0 Å². The Morgan fingerprint density at radius 2 is 1.83 bits per heavy atom. The summed E-state index contributed by atoms with van der Waals surface area (Å²) in [6, 6.07) is 4.46. The van der Waals surface area contributed by atoms with Gasteiger partial charge in [0.15, 0.2) is 5.82 Å². The molecule has 0 aliphatic rings. The first kappa shape index (κ1) is 12.3. The van der Waals surface area contributed by atoms with Crippen molar-refractivity contribution in [2.45, 2.75) is 6.92 Å². The summed E-state index contributed by atoms with van der Waals surface area (Å²) < 4.78 is 40.6. The number of hydrogen-bond donors (Lipinski definition) is 0. The summed E-state index contributed by atoms with van der Waals surface area (Å²) in [5.74, 6) is -4.05. The standard InChI is InChI=1S/C13H8F3NO/c1-7-4-5-8(14)10(11(7)16)13(18)12-9(15)3-2-6-17-12/h2-6H,1H3. The van der Waals surface area contributed by atoms with Crippen molar-refractivity contribution in [1.29, 1.82) is 0 Å². The molecule has 1 heterocycles. The van der Waals surface area contributed by atoms with Crippen LogP contribution < -0.4 is 0 Å². The Balaban J connectivity index is 2.61. The largest absolute Gasteiger partial charge is 0.287 e. The Bertz CT molecular complexity index is 626. The quantitative estimate of drug-likeness (QED) is 0.768. The summed E-state index contributed by atoms with van der Waals surface area (Å²) in [4.78, 5) is 15.4. The smallest absolute Gasteiger partial charge is 0.220 e. The van der Waals surface area contributed by atoms with Crippen LogP contribution in [0.25, 0.3) is 0 Å². The highest BCUT2D eigenvalue weighted by Crippen LogP contribution is 2.20. The Morgan fingerprint density at radius 3 is 2.50 bits per heavy atom. The number of pyridine rings is 1. The number of rotatable bonds is 2. The number of ketones is 1. The Kier molecular flexibility index (Phi) is 3.14. The lowest BCUT2D eigenvalue weighted by Gasteiger charge is -2.06. The molecular weight excluding hydrogens is 243 g/mol. The molecule has 0 spiro atoms. The van der Waals surface area contributed by atoms with E-state index in [0.717, 1.165) is 12.1 Å². The molecule has 2 rings (SSSR count). The van der Waals surface area contributed by atoms with Crippen LogP contribution in [0.3, 0.4) is 0 Å². The Morgan fingerprint density at radius 1 is 1.11 bits per heavy atom. The molecule has 0 saturated heterocycles. The lowest BCUT2D eigenvalue weighted by molar-refractivity contribution is 0.102. The van der Waals surface area contributed by atoms with E-state index in [1.54, 1.807) is 0 Å². The maximum absolute atomic E-state index is 13.7. The first-order valence-corrected chi connectivity index (χ1v) is 5.12. The van der Waals surface area contributed by atoms with Crippen molar-refractivity contribution in [3.8, 4) is 0 Å². The van der Waals surface area contributed by atoms with Gasteiger partial charge >= 0.3 is 0 Å². The number of aromatic nitrogens is 1. The molecule has 5 heteroatoms. The zero-order valence-electron chi connectivity index (χ0n) is 9.38. The van der Waals surface area contributed by atoms with Crippen LogP contribution in [0.2, 0.25) is 0 Å². The molecule has 0 aliphatic carbocycles. The van der Waals surface area contributed by atoms with Gasteiger partial charge in [0.2, 0.25) is 5.78 Å².